The van der Waals surface area contributed by atoms with Crippen LogP contribution in [0.1, 0.15) is 13.3 Å². The van der Waals surface area contributed by atoms with E-state index in [4.69, 9.17) is 0 Å². The lowest BCUT2D eigenvalue weighted by atomic mass is 10.1. The molecule has 0 aromatic rings. The van der Waals surface area contributed by atoms with Crippen molar-refractivity contribution in [2.45, 2.75) is 13.3 Å². The molecule has 0 N–H and O–H groups in total. The van der Waals surface area contributed by atoms with Crippen molar-refractivity contribution >= 4 is 5.78 Å². The first-order valence-electron chi connectivity index (χ1n) is 2.59. The fraction of sp³-hybridized carbons (Fsp3) is 0.286. The Labute approximate surface area is 48.7 Å². The van der Waals surface area contributed by atoms with Crippen LogP contribution >= 0.6 is 0 Å². The molecule has 0 fully saturated rings. The van der Waals surface area contributed by atoms with Crippen molar-refractivity contribution in [1.29, 1.82) is 0 Å². The van der Waals surface area contributed by atoms with Gasteiger partial charge in [-0.05, 0) is 13.0 Å². The minimum atomic E-state index is 0.188. The Morgan fingerprint density at radius 2 is 2.50 bits per heavy atom. The molecule has 0 bridgehead atoms. The summed E-state index contributed by atoms with van der Waals surface area (Å²) in [4.78, 5) is 10.6. The van der Waals surface area contributed by atoms with E-state index < -0.39 is 0 Å². The predicted molar refractivity (Wildman–Crippen MR) is 31.2 cm³/mol. The zero-order chi connectivity index (χ0) is 5.98. The minimum Gasteiger partial charge on any atom is -0.294 e. The summed E-state index contributed by atoms with van der Waals surface area (Å²) in [5.74, 6) is 0.188. The molecule has 0 atom stereocenters. The van der Waals surface area contributed by atoms with Gasteiger partial charge in [-0.2, -0.15) is 0 Å². The first-order valence-corrected chi connectivity index (χ1v) is 2.59. The van der Waals surface area contributed by atoms with E-state index in [2.05, 4.69) is 6.08 Å². The van der Waals surface area contributed by atoms with Gasteiger partial charge < -0.3 is 0 Å². The highest BCUT2D eigenvalue weighted by molar-refractivity contribution is 5.96. The largest absolute Gasteiger partial charge is 0.294 e. The first kappa shape index (κ1) is 5.29. The van der Waals surface area contributed by atoms with E-state index >= 15 is 0 Å². The van der Waals surface area contributed by atoms with Crippen molar-refractivity contribution in [1.82, 2.24) is 0 Å². The topological polar surface area (TPSA) is 17.1 Å². The number of carbonyl (C=O) groups is 1. The normalized spacial score (nSPS) is 18.6. The standard InChI is InChI=1S/C7H7O/c1-6-4-2-3-5-7(6)8/h2-3H,5H2,1H3. The molecule has 0 unspecified atom stereocenters. The van der Waals surface area contributed by atoms with Crippen LogP contribution in [0, 0.1) is 6.08 Å². The Morgan fingerprint density at radius 3 is 2.88 bits per heavy atom. The molecule has 0 aromatic carbocycles. The SMILES string of the molecule is CC1=[C]C=CCC1=O. The number of hydrogen-bond donors (Lipinski definition) is 0. The number of rotatable bonds is 0. The third-order valence-electron chi connectivity index (χ3n) is 1.14. The molecule has 0 aromatic heterocycles. The molecule has 0 saturated carbocycles. The molecule has 1 heteroatoms. The van der Waals surface area contributed by atoms with Gasteiger partial charge in [-0.3, -0.25) is 4.79 Å². The van der Waals surface area contributed by atoms with Crippen molar-refractivity contribution in [3.63, 3.8) is 0 Å². The van der Waals surface area contributed by atoms with Crippen LogP contribution in [-0.2, 0) is 4.79 Å². The molecular formula is C7H7O. The molecule has 0 saturated heterocycles. The van der Waals surface area contributed by atoms with E-state index in [1.807, 2.05) is 6.08 Å². The summed E-state index contributed by atoms with van der Waals surface area (Å²) >= 11 is 0. The summed E-state index contributed by atoms with van der Waals surface area (Å²) in [6.45, 7) is 1.78. The van der Waals surface area contributed by atoms with Crippen LogP contribution in [0.4, 0.5) is 0 Å². The zero-order valence-corrected chi connectivity index (χ0v) is 4.77. The van der Waals surface area contributed by atoms with Crippen LogP contribution < -0.4 is 0 Å². The van der Waals surface area contributed by atoms with Gasteiger partial charge in [0, 0.05) is 12.0 Å². The third kappa shape index (κ3) is 0.861. The molecule has 0 amide bonds. The van der Waals surface area contributed by atoms with Crippen LogP contribution in [0.3, 0.4) is 0 Å². The molecule has 1 rings (SSSR count). The molecule has 1 aliphatic rings. The highest BCUT2D eigenvalue weighted by atomic mass is 16.1. The lowest BCUT2D eigenvalue weighted by molar-refractivity contribution is -0.114. The van der Waals surface area contributed by atoms with Crippen molar-refractivity contribution in [3.05, 3.63) is 23.8 Å². The summed E-state index contributed by atoms with van der Waals surface area (Å²) in [6.07, 6.45) is 6.98. The van der Waals surface area contributed by atoms with Gasteiger partial charge in [-0.25, -0.2) is 0 Å². The number of hydrogen-bond acceptors (Lipinski definition) is 1. The van der Waals surface area contributed by atoms with Crippen LogP contribution in [0.2, 0.25) is 0 Å². The summed E-state index contributed by atoms with van der Waals surface area (Å²) in [5.41, 5.74) is 0.743. The number of ketones is 1. The summed E-state index contributed by atoms with van der Waals surface area (Å²) in [7, 11) is 0. The maximum absolute atomic E-state index is 10.6. The highest BCUT2D eigenvalue weighted by Gasteiger charge is 2.02. The Hall–Kier alpha value is -0.850. The molecule has 1 radical (unpaired) electrons. The van der Waals surface area contributed by atoms with Crippen LogP contribution in [-0.4, -0.2) is 5.78 Å². The van der Waals surface area contributed by atoms with Crippen molar-refractivity contribution < 1.29 is 4.79 Å². The molecular weight excluding hydrogens is 100 g/mol. The molecule has 1 aliphatic carbocycles. The molecule has 0 heterocycles. The summed E-state index contributed by atoms with van der Waals surface area (Å²) in [5, 5.41) is 0. The number of allylic oxidation sites excluding steroid dienone is 4. The average Bonchev–Trinajstić information content (AvgIpc) is 1.77. The fourth-order valence-corrected chi connectivity index (χ4v) is 0.583. The van der Waals surface area contributed by atoms with Gasteiger partial charge in [-0.1, -0.05) is 12.2 Å². The van der Waals surface area contributed by atoms with Crippen LogP contribution in [0.5, 0.6) is 0 Å². The van der Waals surface area contributed by atoms with E-state index in [-0.39, 0.29) is 5.78 Å². The maximum Gasteiger partial charge on any atom is 0.162 e. The van der Waals surface area contributed by atoms with Gasteiger partial charge in [0.15, 0.2) is 5.78 Å². The Balaban J connectivity index is 2.80. The summed E-state index contributed by atoms with van der Waals surface area (Å²) < 4.78 is 0. The van der Waals surface area contributed by atoms with Gasteiger partial charge in [0.1, 0.15) is 0 Å². The number of Topliss-reactive ketones (excluding diaryl/α,β-unsaturated/α-hetero) is 1. The molecule has 41 valence electrons. The predicted octanol–water partition coefficient (Wildman–Crippen LogP) is 1.26. The lowest BCUT2D eigenvalue weighted by Crippen LogP contribution is -1.99. The Morgan fingerprint density at radius 1 is 1.75 bits per heavy atom. The highest BCUT2D eigenvalue weighted by Crippen LogP contribution is 2.04. The Kier molecular flexibility index (Phi) is 1.29. The third-order valence-corrected chi connectivity index (χ3v) is 1.14. The van der Waals surface area contributed by atoms with Crippen molar-refractivity contribution in [2.75, 3.05) is 0 Å². The molecule has 8 heavy (non-hydrogen) atoms. The quantitative estimate of drug-likeness (QED) is 0.455. The second kappa shape index (κ2) is 1.95. The van der Waals surface area contributed by atoms with Crippen LogP contribution in [0.15, 0.2) is 17.7 Å². The van der Waals surface area contributed by atoms with E-state index in [0.29, 0.717) is 6.42 Å². The Bertz CT molecular complexity index is 163. The van der Waals surface area contributed by atoms with E-state index in [0.717, 1.165) is 5.57 Å². The summed E-state index contributed by atoms with van der Waals surface area (Å²) in [6, 6.07) is 0. The first-order chi connectivity index (χ1) is 3.80. The van der Waals surface area contributed by atoms with Gasteiger partial charge in [0.05, 0.1) is 0 Å². The minimum absolute atomic E-state index is 0.188. The van der Waals surface area contributed by atoms with Gasteiger partial charge >= 0.3 is 0 Å². The van der Waals surface area contributed by atoms with Gasteiger partial charge in [-0.15, -0.1) is 0 Å². The van der Waals surface area contributed by atoms with Gasteiger partial charge in [0.2, 0.25) is 0 Å². The molecule has 0 spiro atoms. The molecule has 1 nitrogen and oxygen atoms in total. The van der Waals surface area contributed by atoms with E-state index in [1.165, 1.54) is 0 Å². The van der Waals surface area contributed by atoms with Crippen molar-refractivity contribution in [3.8, 4) is 0 Å². The average molecular weight is 107 g/mol. The van der Waals surface area contributed by atoms with E-state index in [1.54, 1.807) is 13.0 Å². The second-order valence-corrected chi connectivity index (χ2v) is 1.80. The van der Waals surface area contributed by atoms with Crippen molar-refractivity contribution in [2.24, 2.45) is 0 Å². The fourth-order valence-electron chi connectivity index (χ4n) is 0.583. The number of carbonyl (C=O) groups excluding carboxylic acids is 1. The molecule has 0 aliphatic heterocycles. The monoisotopic (exact) mass is 107 g/mol. The zero-order valence-electron chi connectivity index (χ0n) is 4.77. The van der Waals surface area contributed by atoms with Crippen LogP contribution in [0.25, 0.3) is 0 Å². The smallest absolute Gasteiger partial charge is 0.162 e. The maximum atomic E-state index is 10.6. The lowest BCUT2D eigenvalue weighted by Gasteiger charge is -1.97. The van der Waals surface area contributed by atoms with E-state index in [9.17, 15) is 4.79 Å². The second-order valence-electron chi connectivity index (χ2n) is 1.80. The van der Waals surface area contributed by atoms with Gasteiger partial charge in [0.25, 0.3) is 0 Å².